The molecule has 6 nitrogen and oxygen atoms in total. The molecule has 1 aromatic carbocycles. The van der Waals surface area contributed by atoms with Crippen LogP contribution in [0.15, 0.2) is 29.2 Å². The van der Waals surface area contributed by atoms with Crippen LogP contribution in [0.25, 0.3) is 0 Å². The number of rotatable bonds is 4. The minimum Gasteiger partial charge on any atom is -0.444 e. The van der Waals surface area contributed by atoms with E-state index in [1.807, 2.05) is 6.92 Å². The zero-order valence-electron chi connectivity index (χ0n) is 15.2. The van der Waals surface area contributed by atoms with E-state index in [4.69, 9.17) is 8.92 Å². The molecule has 140 valence electrons. The molecule has 0 spiro atoms. The van der Waals surface area contributed by atoms with Gasteiger partial charge in [0.15, 0.2) is 0 Å². The molecule has 2 atom stereocenters. The Morgan fingerprint density at radius 3 is 2.40 bits per heavy atom. The number of amides is 1. The second-order valence-electron chi connectivity index (χ2n) is 7.50. The van der Waals surface area contributed by atoms with Gasteiger partial charge in [-0.1, -0.05) is 17.7 Å². The van der Waals surface area contributed by atoms with E-state index in [1.54, 1.807) is 45.0 Å². The molecule has 0 heterocycles. The molecule has 1 amide bonds. The predicted molar refractivity (Wildman–Crippen MR) is 94.9 cm³/mol. The fourth-order valence-electron chi connectivity index (χ4n) is 2.78. The quantitative estimate of drug-likeness (QED) is 0.821. The van der Waals surface area contributed by atoms with Gasteiger partial charge in [0.2, 0.25) is 0 Å². The maximum Gasteiger partial charge on any atom is 0.407 e. The first kappa shape index (κ1) is 19.7. The van der Waals surface area contributed by atoms with Gasteiger partial charge >= 0.3 is 6.09 Å². The molecular weight excluding hydrogens is 342 g/mol. The van der Waals surface area contributed by atoms with Crippen molar-refractivity contribution in [1.29, 1.82) is 0 Å². The fraction of sp³-hybridized carbons (Fsp3) is 0.611. The molecule has 2 rings (SSSR count). The topological polar surface area (TPSA) is 81.7 Å². The number of carbonyl (C=O) groups is 1. The molecule has 7 heteroatoms. The highest BCUT2D eigenvalue weighted by atomic mass is 32.2. The number of aryl methyl sites for hydroxylation is 1. The first-order chi connectivity index (χ1) is 11.5. The second-order valence-corrected chi connectivity index (χ2v) is 9.07. The molecule has 0 saturated heterocycles. The van der Waals surface area contributed by atoms with Crippen molar-refractivity contribution < 1.29 is 22.1 Å². The van der Waals surface area contributed by atoms with E-state index in [2.05, 4.69) is 5.32 Å². The number of nitrogens with one attached hydrogen (secondary N) is 1. The lowest BCUT2D eigenvalue weighted by Gasteiger charge is -2.30. The molecule has 1 aliphatic rings. The third-order valence-corrected chi connectivity index (χ3v) is 5.29. The first-order valence-corrected chi connectivity index (χ1v) is 9.95. The Balaban J connectivity index is 1.94. The van der Waals surface area contributed by atoms with E-state index in [9.17, 15) is 13.2 Å². The highest BCUT2D eigenvalue weighted by molar-refractivity contribution is 7.86. The van der Waals surface area contributed by atoms with Crippen LogP contribution in [0, 0.1) is 6.92 Å². The number of benzene rings is 1. The van der Waals surface area contributed by atoms with Crippen LogP contribution in [0.1, 0.15) is 52.0 Å². The van der Waals surface area contributed by atoms with E-state index in [0.717, 1.165) is 18.4 Å². The summed E-state index contributed by atoms with van der Waals surface area (Å²) in [5.41, 5.74) is 0.418. The predicted octanol–water partition coefficient (Wildman–Crippen LogP) is 3.54. The minimum atomic E-state index is -3.80. The number of hydrogen-bond donors (Lipinski definition) is 1. The van der Waals surface area contributed by atoms with Gasteiger partial charge in [0.25, 0.3) is 10.1 Å². The molecule has 0 aromatic heterocycles. The van der Waals surface area contributed by atoms with E-state index in [-0.39, 0.29) is 10.9 Å². The lowest BCUT2D eigenvalue weighted by molar-refractivity contribution is 0.0466. The van der Waals surface area contributed by atoms with Crippen LogP contribution in [-0.4, -0.2) is 32.3 Å². The Morgan fingerprint density at radius 1 is 1.16 bits per heavy atom. The Morgan fingerprint density at radius 2 is 1.80 bits per heavy atom. The Hall–Kier alpha value is -1.60. The van der Waals surface area contributed by atoms with Crippen LogP contribution in [0.5, 0.6) is 0 Å². The Bertz CT molecular complexity index is 691. The lowest BCUT2D eigenvalue weighted by Crippen LogP contribution is -2.43. The highest BCUT2D eigenvalue weighted by Crippen LogP contribution is 2.25. The van der Waals surface area contributed by atoms with Crippen molar-refractivity contribution in [3.05, 3.63) is 29.8 Å². The monoisotopic (exact) mass is 369 g/mol. The Labute approximate surface area is 150 Å². The largest absolute Gasteiger partial charge is 0.444 e. The third-order valence-electron chi connectivity index (χ3n) is 3.92. The molecule has 1 N–H and O–H groups in total. The van der Waals surface area contributed by atoms with Gasteiger partial charge in [-0.2, -0.15) is 8.42 Å². The normalized spacial score (nSPS) is 21.6. The first-order valence-electron chi connectivity index (χ1n) is 8.55. The van der Waals surface area contributed by atoms with Crippen molar-refractivity contribution in [3.63, 3.8) is 0 Å². The van der Waals surface area contributed by atoms with Crippen LogP contribution < -0.4 is 5.32 Å². The van der Waals surface area contributed by atoms with Gasteiger partial charge in [0.05, 0.1) is 11.0 Å². The van der Waals surface area contributed by atoms with Gasteiger partial charge in [-0.25, -0.2) is 4.79 Å². The average Bonchev–Trinajstić information content (AvgIpc) is 2.45. The number of alkyl carbamates (subject to hydrolysis) is 1. The average molecular weight is 369 g/mol. The van der Waals surface area contributed by atoms with Crippen molar-refractivity contribution >= 4 is 16.2 Å². The van der Waals surface area contributed by atoms with Crippen molar-refractivity contribution in [2.45, 2.75) is 76.0 Å². The van der Waals surface area contributed by atoms with Crippen molar-refractivity contribution in [2.75, 3.05) is 0 Å². The van der Waals surface area contributed by atoms with Gasteiger partial charge in [0, 0.05) is 6.04 Å². The minimum absolute atomic E-state index is 0.151. The molecule has 0 radical (unpaired) electrons. The van der Waals surface area contributed by atoms with Crippen LogP contribution in [-0.2, 0) is 19.0 Å². The maximum atomic E-state index is 12.4. The summed E-state index contributed by atoms with van der Waals surface area (Å²) in [5, 5.41) is 2.80. The van der Waals surface area contributed by atoms with Crippen molar-refractivity contribution in [3.8, 4) is 0 Å². The van der Waals surface area contributed by atoms with Crippen LogP contribution in [0.3, 0.4) is 0 Å². The Kier molecular flexibility index (Phi) is 6.11. The molecular formula is C18H27NO5S. The molecule has 1 aliphatic carbocycles. The molecule has 25 heavy (non-hydrogen) atoms. The summed E-state index contributed by atoms with van der Waals surface area (Å²) in [4.78, 5) is 12.0. The zero-order valence-corrected chi connectivity index (χ0v) is 16.1. The maximum absolute atomic E-state index is 12.4. The number of carbonyl (C=O) groups excluding carboxylic acids is 1. The van der Waals surface area contributed by atoms with Crippen LogP contribution in [0.4, 0.5) is 4.79 Å². The highest BCUT2D eigenvalue weighted by Gasteiger charge is 2.29. The van der Waals surface area contributed by atoms with Crippen LogP contribution >= 0.6 is 0 Å². The van der Waals surface area contributed by atoms with Gasteiger partial charge in [-0.3, -0.25) is 4.18 Å². The SMILES string of the molecule is Cc1ccc(S(=O)(=O)O[C@H]2CCC[C@@H](NC(=O)OC(C)(C)C)C2)cc1. The molecule has 1 saturated carbocycles. The molecule has 1 aromatic rings. The third kappa shape index (κ3) is 6.32. The molecule has 0 aliphatic heterocycles. The summed E-state index contributed by atoms with van der Waals surface area (Å²) < 4.78 is 35.4. The summed E-state index contributed by atoms with van der Waals surface area (Å²) in [6.07, 6.45) is 1.74. The van der Waals surface area contributed by atoms with Crippen molar-refractivity contribution in [2.24, 2.45) is 0 Å². The van der Waals surface area contributed by atoms with Crippen LogP contribution in [0.2, 0.25) is 0 Å². The molecule has 1 fully saturated rings. The fourth-order valence-corrected chi connectivity index (χ4v) is 3.89. The summed E-state index contributed by atoms with van der Waals surface area (Å²) in [7, 11) is -3.80. The van der Waals surface area contributed by atoms with E-state index in [0.29, 0.717) is 12.8 Å². The summed E-state index contributed by atoms with van der Waals surface area (Å²) in [6, 6.07) is 6.42. The van der Waals surface area contributed by atoms with E-state index >= 15 is 0 Å². The summed E-state index contributed by atoms with van der Waals surface area (Å²) in [5.74, 6) is 0. The zero-order chi connectivity index (χ0) is 18.7. The summed E-state index contributed by atoms with van der Waals surface area (Å²) >= 11 is 0. The smallest absolute Gasteiger partial charge is 0.407 e. The second kappa shape index (κ2) is 7.74. The lowest BCUT2D eigenvalue weighted by atomic mass is 9.93. The van der Waals surface area contributed by atoms with Gasteiger partial charge in [0.1, 0.15) is 5.60 Å². The molecule has 0 bridgehead atoms. The van der Waals surface area contributed by atoms with Gasteiger partial charge in [-0.15, -0.1) is 0 Å². The standard InChI is InChI=1S/C18H27NO5S/c1-13-8-10-16(11-9-13)25(21,22)24-15-7-5-6-14(12-15)19-17(20)23-18(2,3)4/h8-11,14-15H,5-7,12H2,1-4H3,(H,19,20)/t14-,15+/m1/s1. The van der Waals surface area contributed by atoms with Crippen molar-refractivity contribution in [1.82, 2.24) is 5.32 Å². The molecule has 0 unspecified atom stereocenters. The number of hydrogen-bond acceptors (Lipinski definition) is 5. The van der Waals surface area contributed by atoms with E-state index in [1.165, 1.54) is 0 Å². The summed E-state index contributed by atoms with van der Waals surface area (Å²) in [6.45, 7) is 7.29. The van der Waals surface area contributed by atoms with Gasteiger partial charge < -0.3 is 10.1 Å². The van der Waals surface area contributed by atoms with Gasteiger partial charge in [-0.05, 0) is 65.5 Å². The number of ether oxygens (including phenoxy) is 1. The van der Waals surface area contributed by atoms with E-state index < -0.39 is 27.9 Å².